The first-order chi connectivity index (χ1) is 12.6. The second-order valence-electron chi connectivity index (χ2n) is 6.08. The molecule has 0 amide bonds. The minimum atomic E-state index is -0.854. The molecule has 0 bridgehead atoms. The number of aromatic nitrogens is 1. The zero-order valence-corrected chi connectivity index (χ0v) is 15.3. The molecule has 0 aliphatic rings. The minimum absolute atomic E-state index is 0.0432. The maximum Gasteiger partial charge on any atom is 0.307 e. The van der Waals surface area contributed by atoms with Gasteiger partial charge in [-0.05, 0) is 54.8 Å². The van der Waals surface area contributed by atoms with E-state index in [9.17, 15) is 9.90 Å². The third-order valence-corrected chi connectivity index (χ3v) is 4.46. The molecule has 3 rings (SSSR count). The fourth-order valence-electron chi connectivity index (χ4n) is 3.20. The van der Waals surface area contributed by atoms with Crippen LogP contribution < -0.4 is 9.47 Å². The Bertz CT molecular complexity index is 943. The summed E-state index contributed by atoms with van der Waals surface area (Å²) in [7, 11) is 1.60. The summed E-state index contributed by atoms with van der Waals surface area (Å²) in [4.78, 5) is 14.8. The van der Waals surface area contributed by atoms with Gasteiger partial charge in [0.1, 0.15) is 0 Å². The van der Waals surface area contributed by atoms with E-state index in [4.69, 9.17) is 9.47 Å². The molecule has 0 unspecified atom stereocenters. The van der Waals surface area contributed by atoms with E-state index >= 15 is 0 Å². The highest BCUT2D eigenvalue weighted by atomic mass is 16.5. The SMILES string of the molecule is CCOc1cc(-c2[nH]c3ccc(CC)cc3c2CC(=O)O)ccc1OC. The van der Waals surface area contributed by atoms with Crippen molar-refractivity contribution in [2.45, 2.75) is 26.7 Å². The number of carboxylic acids is 1. The highest BCUT2D eigenvalue weighted by Gasteiger charge is 2.18. The molecule has 3 aromatic rings. The Labute approximate surface area is 152 Å². The second kappa shape index (κ2) is 7.52. The van der Waals surface area contributed by atoms with E-state index in [2.05, 4.69) is 24.0 Å². The van der Waals surface area contributed by atoms with Gasteiger partial charge in [-0.15, -0.1) is 0 Å². The number of aromatic amines is 1. The molecule has 0 saturated carbocycles. The second-order valence-corrected chi connectivity index (χ2v) is 6.08. The van der Waals surface area contributed by atoms with E-state index in [1.54, 1.807) is 7.11 Å². The first-order valence-electron chi connectivity index (χ1n) is 8.73. The largest absolute Gasteiger partial charge is 0.493 e. The molecule has 0 aliphatic heterocycles. The van der Waals surface area contributed by atoms with Gasteiger partial charge in [-0.2, -0.15) is 0 Å². The van der Waals surface area contributed by atoms with E-state index in [0.717, 1.165) is 34.1 Å². The zero-order chi connectivity index (χ0) is 18.7. The van der Waals surface area contributed by atoms with E-state index in [1.165, 1.54) is 5.56 Å². The lowest BCUT2D eigenvalue weighted by atomic mass is 10.0. The monoisotopic (exact) mass is 353 g/mol. The molecular formula is C21H23NO4. The quantitative estimate of drug-likeness (QED) is 0.659. The predicted molar refractivity (Wildman–Crippen MR) is 102 cm³/mol. The molecule has 0 fully saturated rings. The van der Waals surface area contributed by atoms with Crippen molar-refractivity contribution >= 4 is 16.9 Å². The van der Waals surface area contributed by atoms with Crippen LogP contribution in [-0.2, 0) is 17.6 Å². The van der Waals surface area contributed by atoms with Gasteiger partial charge in [-0.1, -0.05) is 13.0 Å². The summed E-state index contributed by atoms with van der Waals surface area (Å²) in [5.41, 5.74) is 4.58. The van der Waals surface area contributed by atoms with Crippen molar-refractivity contribution in [3.63, 3.8) is 0 Å². The van der Waals surface area contributed by atoms with Crippen LogP contribution in [0.1, 0.15) is 25.0 Å². The van der Waals surface area contributed by atoms with Gasteiger partial charge >= 0.3 is 5.97 Å². The number of ether oxygens (including phenoxy) is 2. The van der Waals surface area contributed by atoms with Crippen molar-refractivity contribution in [3.05, 3.63) is 47.5 Å². The molecule has 1 aromatic heterocycles. The van der Waals surface area contributed by atoms with Gasteiger partial charge in [0.05, 0.1) is 25.8 Å². The molecule has 0 radical (unpaired) electrons. The zero-order valence-electron chi connectivity index (χ0n) is 15.3. The van der Waals surface area contributed by atoms with Crippen molar-refractivity contribution in [2.24, 2.45) is 0 Å². The van der Waals surface area contributed by atoms with Gasteiger partial charge in [-0.25, -0.2) is 0 Å². The Morgan fingerprint density at radius 1 is 1.12 bits per heavy atom. The van der Waals surface area contributed by atoms with Gasteiger partial charge < -0.3 is 19.6 Å². The summed E-state index contributed by atoms with van der Waals surface area (Å²) in [6.45, 7) is 4.52. The Hall–Kier alpha value is -2.95. The Morgan fingerprint density at radius 3 is 2.58 bits per heavy atom. The molecule has 5 nitrogen and oxygen atoms in total. The molecule has 2 N–H and O–H groups in total. The van der Waals surface area contributed by atoms with E-state index in [-0.39, 0.29) is 6.42 Å². The highest BCUT2D eigenvalue weighted by Crippen LogP contribution is 2.36. The van der Waals surface area contributed by atoms with Crippen LogP contribution in [0.5, 0.6) is 11.5 Å². The van der Waals surface area contributed by atoms with Crippen LogP contribution in [0.3, 0.4) is 0 Å². The lowest BCUT2D eigenvalue weighted by Crippen LogP contribution is -2.01. The summed E-state index contributed by atoms with van der Waals surface area (Å²) >= 11 is 0. The van der Waals surface area contributed by atoms with E-state index in [1.807, 2.05) is 31.2 Å². The smallest absolute Gasteiger partial charge is 0.307 e. The number of fused-ring (bicyclic) bond motifs is 1. The molecule has 2 aromatic carbocycles. The van der Waals surface area contributed by atoms with E-state index in [0.29, 0.717) is 18.1 Å². The third-order valence-electron chi connectivity index (χ3n) is 4.46. The fourth-order valence-corrected chi connectivity index (χ4v) is 3.20. The first kappa shape index (κ1) is 17.9. The average Bonchev–Trinajstić information content (AvgIpc) is 2.99. The van der Waals surface area contributed by atoms with Crippen molar-refractivity contribution in [1.29, 1.82) is 0 Å². The van der Waals surface area contributed by atoms with Gasteiger partial charge in [0.25, 0.3) is 0 Å². The molecule has 136 valence electrons. The average molecular weight is 353 g/mol. The van der Waals surface area contributed by atoms with Crippen LogP contribution in [-0.4, -0.2) is 29.8 Å². The molecule has 0 saturated heterocycles. The summed E-state index contributed by atoms with van der Waals surface area (Å²) in [6, 6.07) is 11.8. The number of nitrogens with one attached hydrogen (secondary N) is 1. The normalized spacial score (nSPS) is 10.9. The number of hydrogen-bond donors (Lipinski definition) is 2. The third kappa shape index (κ3) is 3.38. The maximum absolute atomic E-state index is 11.5. The number of benzene rings is 2. The molecular weight excluding hydrogens is 330 g/mol. The van der Waals surface area contributed by atoms with Crippen LogP contribution in [0.25, 0.3) is 22.2 Å². The molecule has 5 heteroatoms. The lowest BCUT2D eigenvalue weighted by Gasteiger charge is -2.11. The molecule has 0 spiro atoms. The fraction of sp³-hybridized carbons (Fsp3) is 0.286. The molecule has 1 heterocycles. The predicted octanol–water partition coefficient (Wildman–Crippen LogP) is 4.43. The number of carboxylic acid groups (broad SMARTS) is 1. The Kier molecular flexibility index (Phi) is 5.16. The molecule has 0 atom stereocenters. The summed E-state index contributed by atoms with van der Waals surface area (Å²) in [5.74, 6) is 0.439. The Morgan fingerprint density at radius 2 is 1.92 bits per heavy atom. The standard InChI is InChI=1S/C21H23NO4/c1-4-13-6-8-17-15(10-13)16(12-20(23)24)21(22-17)14-7-9-18(25-3)19(11-14)26-5-2/h6-11,22H,4-5,12H2,1-3H3,(H,23,24). The maximum atomic E-state index is 11.5. The minimum Gasteiger partial charge on any atom is -0.493 e. The van der Waals surface area contributed by atoms with Crippen LogP contribution in [0.2, 0.25) is 0 Å². The van der Waals surface area contributed by atoms with E-state index < -0.39 is 5.97 Å². The van der Waals surface area contributed by atoms with Gasteiger partial charge in [0, 0.05) is 16.5 Å². The number of aryl methyl sites for hydroxylation is 1. The van der Waals surface area contributed by atoms with Crippen molar-refractivity contribution in [1.82, 2.24) is 4.98 Å². The summed E-state index contributed by atoms with van der Waals surface area (Å²) in [5, 5.41) is 10.4. The first-order valence-corrected chi connectivity index (χ1v) is 8.73. The summed E-state index contributed by atoms with van der Waals surface area (Å²) in [6.07, 6.45) is 0.860. The van der Waals surface area contributed by atoms with Crippen LogP contribution >= 0.6 is 0 Å². The van der Waals surface area contributed by atoms with Crippen molar-refractivity contribution < 1.29 is 19.4 Å². The number of rotatable bonds is 7. The number of carbonyl (C=O) groups is 1. The number of hydrogen-bond acceptors (Lipinski definition) is 3. The van der Waals surface area contributed by atoms with Crippen LogP contribution in [0.4, 0.5) is 0 Å². The highest BCUT2D eigenvalue weighted by molar-refractivity contribution is 5.94. The van der Waals surface area contributed by atoms with Crippen molar-refractivity contribution in [2.75, 3.05) is 13.7 Å². The topological polar surface area (TPSA) is 71.6 Å². The Balaban J connectivity index is 2.20. The van der Waals surface area contributed by atoms with Gasteiger partial charge in [0.2, 0.25) is 0 Å². The molecule has 0 aliphatic carbocycles. The van der Waals surface area contributed by atoms with Gasteiger partial charge in [0.15, 0.2) is 11.5 Å². The van der Waals surface area contributed by atoms with Gasteiger partial charge in [-0.3, -0.25) is 4.79 Å². The van der Waals surface area contributed by atoms with Crippen LogP contribution in [0.15, 0.2) is 36.4 Å². The summed E-state index contributed by atoms with van der Waals surface area (Å²) < 4.78 is 11.0. The number of methoxy groups -OCH3 is 1. The molecule has 26 heavy (non-hydrogen) atoms. The number of aliphatic carboxylic acids is 1. The van der Waals surface area contributed by atoms with Crippen LogP contribution in [0, 0.1) is 0 Å². The number of H-pyrrole nitrogens is 1. The van der Waals surface area contributed by atoms with Crippen molar-refractivity contribution in [3.8, 4) is 22.8 Å². The lowest BCUT2D eigenvalue weighted by molar-refractivity contribution is -0.136.